The first-order valence-corrected chi connectivity index (χ1v) is 5.94. The monoisotopic (exact) mass is 258 g/mol. The van der Waals surface area contributed by atoms with Gasteiger partial charge in [-0.3, -0.25) is 0 Å². The van der Waals surface area contributed by atoms with Gasteiger partial charge in [0.05, 0.1) is 7.11 Å². The largest absolute Gasteiger partial charge is 0.496 e. The minimum Gasteiger partial charge on any atom is -0.496 e. The van der Waals surface area contributed by atoms with Crippen molar-refractivity contribution in [1.82, 2.24) is 9.97 Å². The van der Waals surface area contributed by atoms with Crippen LogP contribution in [0.3, 0.4) is 0 Å². The van der Waals surface area contributed by atoms with E-state index in [2.05, 4.69) is 9.97 Å². The smallest absolute Gasteiger partial charge is 0.139 e. The van der Waals surface area contributed by atoms with Gasteiger partial charge in [-0.15, -0.1) is 0 Å². The van der Waals surface area contributed by atoms with Crippen LogP contribution in [0.4, 0.5) is 0 Å². The standard InChI is InChI=1S/C14H11ClN2O/c1-18-12-5-3-2-4-9(12)11-8-16-14-10(11)6-7-13(15)17-14/h2-8H,1H3,(H,16,17). The Morgan fingerprint density at radius 2 is 1.94 bits per heavy atom. The molecule has 3 nitrogen and oxygen atoms in total. The van der Waals surface area contributed by atoms with Gasteiger partial charge in [-0.25, -0.2) is 4.98 Å². The van der Waals surface area contributed by atoms with Crippen LogP contribution in [0.2, 0.25) is 5.15 Å². The summed E-state index contributed by atoms with van der Waals surface area (Å²) in [6.07, 6.45) is 1.92. The zero-order valence-electron chi connectivity index (χ0n) is 9.77. The molecule has 0 radical (unpaired) electrons. The van der Waals surface area contributed by atoms with Gasteiger partial charge in [0.25, 0.3) is 0 Å². The molecular formula is C14H11ClN2O. The molecule has 0 unspecified atom stereocenters. The summed E-state index contributed by atoms with van der Waals surface area (Å²) < 4.78 is 5.38. The van der Waals surface area contributed by atoms with Gasteiger partial charge in [0.15, 0.2) is 0 Å². The van der Waals surface area contributed by atoms with Gasteiger partial charge in [-0.05, 0) is 18.2 Å². The summed E-state index contributed by atoms with van der Waals surface area (Å²) in [5.74, 6) is 0.841. The summed E-state index contributed by atoms with van der Waals surface area (Å²) >= 11 is 5.88. The fraction of sp³-hybridized carbons (Fsp3) is 0.0714. The minimum absolute atomic E-state index is 0.482. The number of hydrogen-bond acceptors (Lipinski definition) is 2. The van der Waals surface area contributed by atoms with Crippen LogP contribution in [0.1, 0.15) is 0 Å². The second-order valence-corrected chi connectivity index (χ2v) is 4.32. The van der Waals surface area contributed by atoms with E-state index in [1.807, 2.05) is 36.5 Å². The van der Waals surface area contributed by atoms with Gasteiger partial charge in [0.1, 0.15) is 16.5 Å². The molecule has 0 aliphatic heterocycles. The molecule has 0 amide bonds. The average molecular weight is 259 g/mol. The normalized spacial score (nSPS) is 10.8. The molecular weight excluding hydrogens is 248 g/mol. The fourth-order valence-electron chi connectivity index (χ4n) is 2.07. The lowest BCUT2D eigenvalue weighted by Crippen LogP contribution is -1.86. The van der Waals surface area contributed by atoms with Gasteiger partial charge in [0.2, 0.25) is 0 Å². The Morgan fingerprint density at radius 3 is 2.78 bits per heavy atom. The topological polar surface area (TPSA) is 37.9 Å². The molecule has 1 N–H and O–H groups in total. The van der Waals surface area contributed by atoms with E-state index in [1.54, 1.807) is 13.2 Å². The maximum absolute atomic E-state index is 5.88. The summed E-state index contributed by atoms with van der Waals surface area (Å²) in [7, 11) is 1.67. The molecule has 2 aromatic heterocycles. The van der Waals surface area contributed by atoms with Gasteiger partial charge in [0, 0.05) is 22.7 Å². The lowest BCUT2D eigenvalue weighted by molar-refractivity contribution is 0.416. The molecule has 0 saturated heterocycles. The highest BCUT2D eigenvalue weighted by Crippen LogP contribution is 2.34. The maximum Gasteiger partial charge on any atom is 0.139 e. The van der Waals surface area contributed by atoms with Crippen LogP contribution in [-0.2, 0) is 0 Å². The van der Waals surface area contributed by atoms with Crippen molar-refractivity contribution in [2.75, 3.05) is 7.11 Å². The predicted octanol–water partition coefficient (Wildman–Crippen LogP) is 3.89. The number of pyridine rings is 1. The number of H-pyrrole nitrogens is 1. The Labute approximate surface area is 109 Å². The number of hydrogen-bond donors (Lipinski definition) is 1. The maximum atomic E-state index is 5.88. The number of aromatic amines is 1. The molecule has 3 aromatic rings. The van der Waals surface area contributed by atoms with E-state index in [1.165, 1.54) is 0 Å². The molecule has 2 heterocycles. The van der Waals surface area contributed by atoms with E-state index in [-0.39, 0.29) is 0 Å². The number of benzene rings is 1. The van der Waals surface area contributed by atoms with Crippen molar-refractivity contribution in [2.45, 2.75) is 0 Å². The Hall–Kier alpha value is -2.00. The zero-order valence-corrected chi connectivity index (χ0v) is 10.5. The third-order valence-electron chi connectivity index (χ3n) is 2.90. The molecule has 0 bridgehead atoms. The van der Waals surface area contributed by atoms with Crippen LogP contribution in [0.5, 0.6) is 5.75 Å². The van der Waals surface area contributed by atoms with E-state index in [0.717, 1.165) is 27.9 Å². The lowest BCUT2D eigenvalue weighted by atomic mass is 10.1. The van der Waals surface area contributed by atoms with Gasteiger partial charge < -0.3 is 9.72 Å². The van der Waals surface area contributed by atoms with Gasteiger partial charge in [-0.1, -0.05) is 29.8 Å². The molecule has 0 aliphatic rings. The Balaban J connectivity index is 2.26. The number of rotatable bonds is 2. The van der Waals surface area contributed by atoms with E-state index in [4.69, 9.17) is 16.3 Å². The highest BCUT2D eigenvalue weighted by molar-refractivity contribution is 6.29. The van der Waals surface area contributed by atoms with Crippen LogP contribution < -0.4 is 4.74 Å². The molecule has 0 saturated carbocycles. The van der Waals surface area contributed by atoms with Crippen molar-refractivity contribution in [3.05, 3.63) is 47.7 Å². The Morgan fingerprint density at radius 1 is 1.11 bits per heavy atom. The number of fused-ring (bicyclic) bond motifs is 1. The number of halogens is 1. The summed E-state index contributed by atoms with van der Waals surface area (Å²) in [6, 6.07) is 11.7. The molecule has 0 aliphatic carbocycles. The zero-order chi connectivity index (χ0) is 12.5. The van der Waals surface area contributed by atoms with Crippen LogP contribution in [0, 0.1) is 0 Å². The molecule has 90 valence electrons. The molecule has 3 rings (SSSR count). The number of nitrogens with one attached hydrogen (secondary N) is 1. The van der Waals surface area contributed by atoms with Gasteiger partial charge in [-0.2, -0.15) is 0 Å². The van der Waals surface area contributed by atoms with Crippen molar-refractivity contribution in [3.8, 4) is 16.9 Å². The van der Waals surface area contributed by atoms with Crippen molar-refractivity contribution in [1.29, 1.82) is 0 Å². The molecule has 1 aromatic carbocycles. The third kappa shape index (κ3) is 1.73. The number of nitrogens with zero attached hydrogens (tertiary/aromatic N) is 1. The first-order chi connectivity index (χ1) is 8.79. The van der Waals surface area contributed by atoms with Crippen molar-refractivity contribution in [2.24, 2.45) is 0 Å². The summed E-state index contributed by atoms with van der Waals surface area (Å²) in [5.41, 5.74) is 2.88. The first kappa shape index (κ1) is 11.1. The summed E-state index contributed by atoms with van der Waals surface area (Å²) in [4.78, 5) is 7.37. The fourth-order valence-corrected chi connectivity index (χ4v) is 2.22. The molecule has 0 spiro atoms. The van der Waals surface area contributed by atoms with Crippen LogP contribution in [-0.4, -0.2) is 17.1 Å². The first-order valence-electron chi connectivity index (χ1n) is 5.56. The van der Waals surface area contributed by atoms with E-state index in [9.17, 15) is 0 Å². The van der Waals surface area contributed by atoms with Gasteiger partial charge >= 0.3 is 0 Å². The Bertz CT molecular complexity index is 706. The van der Waals surface area contributed by atoms with Crippen molar-refractivity contribution < 1.29 is 4.74 Å². The quantitative estimate of drug-likeness (QED) is 0.708. The van der Waals surface area contributed by atoms with E-state index < -0.39 is 0 Å². The number of para-hydroxylation sites is 1. The van der Waals surface area contributed by atoms with Crippen LogP contribution in [0.25, 0.3) is 22.2 Å². The van der Waals surface area contributed by atoms with Crippen LogP contribution in [0.15, 0.2) is 42.6 Å². The highest BCUT2D eigenvalue weighted by atomic mass is 35.5. The second-order valence-electron chi connectivity index (χ2n) is 3.93. The number of ether oxygens (including phenoxy) is 1. The van der Waals surface area contributed by atoms with Crippen LogP contribution >= 0.6 is 11.6 Å². The van der Waals surface area contributed by atoms with E-state index in [0.29, 0.717) is 5.15 Å². The number of methoxy groups -OCH3 is 1. The lowest BCUT2D eigenvalue weighted by Gasteiger charge is -2.06. The van der Waals surface area contributed by atoms with E-state index >= 15 is 0 Å². The Kier molecular flexibility index (Phi) is 2.68. The molecule has 4 heteroatoms. The van der Waals surface area contributed by atoms with Crippen molar-refractivity contribution >= 4 is 22.6 Å². The SMILES string of the molecule is COc1ccccc1-c1c[nH]c2nc(Cl)ccc12. The molecule has 18 heavy (non-hydrogen) atoms. The summed E-state index contributed by atoms with van der Waals surface area (Å²) in [6.45, 7) is 0. The summed E-state index contributed by atoms with van der Waals surface area (Å²) in [5, 5.41) is 1.51. The molecule has 0 atom stereocenters. The number of aromatic nitrogens is 2. The minimum atomic E-state index is 0.482. The average Bonchev–Trinajstić information content (AvgIpc) is 2.81. The molecule has 0 fully saturated rings. The third-order valence-corrected chi connectivity index (χ3v) is 3.11. The predicted molar refractivity (Wildman–Crippen MR) is 73.1 cm³/mol. The highest BCUT2D eigenvalue weighted by Gasteiger charge is 2.11. The van der Waals surface area contributed by atoms with Crippen molar-refractivity contribution in [3.63, 3.8) is 0 Å². The second kappa shape index (κ2) is 4.35.